The fraction of sp³-hybridized carbons (Fsp3) is 0.500. The van der Waals surface area contributed by atoms with Gasteiger partial charge < -0.3 is 11.5 Å². The van der Waals surface area contributed by atoms with Gasteiger partial charge in [-0.25, -0.2) is 0 Å². The lowest BCUT2D eigenvalue weighted by molar-refractivity contribution is 0.110. The SMILES string of the molecule is CC(N)N(C(C)N)C(C)c1ccccc1. The summed E-state index contributed by atoms with van der Waals surface area (Å²) in [7, 11) is 0. The van der Waals surface area contributed by atoms with Crippen LogP contribution in [0.3, 0.4) is 0 Å². The Morgan fingerprint density at radius 1 is 0.933 bits per heavy atom. The molecule has 0 aromatic heterocycles. The lowest BCUT2D eigenvalue weighted by atomic mass is 10.1. The molecule has 84 valence electrons. The maximum Gasteiger partial charge on any atom is 0.0562 e. The monoisotopic (exact) mass is 207 g/mol. The number of hydrogen-bond acceptors (Lipinski definition) is 3. The lowest BCUT2D eigenvalue weighted by Gasteiger charge is -2.35. The van der Waals surface area contributed by atoms with Gasteiger partial charge >= 0.3 is 0 Å². The molecule has 0 spiro atoms. The summed E-state index contributed by atoms with van der Waals surface area (Å²) in [6.45, 7) is 6.05. The standard InChI is InChI=1S/C12H21N3/c1-9(12-7-5-4-6-8-12)15(10(2)13)11(3)14/h4-11H,13-14H2,1-3H3. The van der Waals surface area contributed by atoms with E-state index in [4.69, 9.17) is 11.5 Å². The van der Waals surface area contributed by atoms with E-state index < -0.39 is 0 Å². The average molecular weight is 207 g/mol. The third kappa shape index (κ3) is 3.02. The molecule has 0 heterocycles. The second kappa shape index (κ2) is 5.26. The number of benzene rings is 1. The van der Waals surface area contributed by atoms with Gasteiger partial charge in [0.15, 0.2) is 0 Å². The second-order valence-electron chi connectivity index (χ2n) is 4.02. The lowest BCUT2D eigenvalue weighted by Crippen LogP contribution is -2.50. The van der Waals surface area contributed by atoms with E-state index >= 15 is 0 Å². The van der Waals surface area contributed by atoms with Crippen LogP contribution in [0, 0.1) is 0 Å². The van der Waals surface area contributed by atoms with E-state index in [1.807, 2.05) is 32.0 Å². The van der Waals surface area contributed by atoms with Crippen LogP contribution in [0.15, 0.2) is 30.3 Å². The summed E-state index contributed by atoms with van der Waals surface area (Å²) in [6.07, 6.45) is -0.0830. The molecule has 0 saturated heterocycles. The van der Waals surface area contributed by atoms with Gasteiger partial charge in [0.2, 0.25) is 0 Å². The molecule has 0 radical (unpaired) electrons. The minimum atomic E-state index is -0.0415. The van der Waals surface area contributed by atoms with Crippen LogP contribution in [-0.4, -0.2) is 17.2 Å². The van der Waals surface area contributed by atoms with Crippen molar-refractivity contribution in [2.24, 2.45) is 11.5 Å². The molecule has 0 aliphatic rings. The van der Waals surface area contributed by atoms with E-state index in [2.05, 4.69) is 24.0 Å². The molecule has 4 N–H and O–H groups in total. The number of hydrogen-bond donors (Lipinski definition) is 2. The predicted molar refractivity (Wildman–Crippen MR) is 64.0 cm³/mol. The zero-order valence-corrected chi connectivity index (χ0v) is 9.72. The largest absolute Gasteiger partial charge is 0.316 e. The topological polar surface area (TPSA) is 55.3 Å². The summed E-state index contributed by atoms with van der Waals surface area (Å²) in [5.41, 5.74) is 13.1. The first kappa shape index (κ1) is 12.2. The van der Waals surface area contributed by atoms with Gasteiger partial charge in [-0.1, -0.05) is 30.3 Å². The minimum absolute atomic E-state index is 0.0415. The van der Waals surface area contributed by atoms with Crippen molar-refractivity contribution < 1.29 is 0 Å². The van der Waals surface area contributed by atoms with Crippen molar-refractivity contribution in [2.75, 3.05) is 0 Å². The molecule has 0 bridgehead atoms. The maximum absolute atomic E-state index is 5.92. The van der Waals surface area contributed by atoms with E-state index in [-0.39, 0.29) is 18.4 Å². The van der Waals surface area contributed by atoms with Crippen LogP contribution in [0.2, 0.25) is 0 Å². The summed E-state index contributed by atoms with van der Waals surface area (Å²) in [6, 6.07) is 10.5. The van der Waals surface area contributed by atoms with Crippen molar-refractivity contribution in [3.8, 4) is 0 Å². The van der Waals surface area contributed by atoms with E-state index in [1.165, 1.54) is 5.56 Å². The van der Waals surface area contributed by atoms with Crippen molar-refractivity contribution in [1.29, 1.82) is 0 Å². The van der Waals surface area contributed by atoms with Crippen LogP contribution in [-0.2, 0) is 0 Å². The summed E-state index contributed by atoms with van der Waals surface area (Å²) in [5, 5.41) is 0. The van der Waals surface area contributed by atoms with Gasteiger partial charge in [-0.15, -0.1) is 0 Å². The van der Waals surface area contributed by atoms with Gasteiger partial charge in [-0.05, 0) is 26.3 Å². The van der Waals surface area contributed by atoms with E-state index in [1.54, 1.807) is 0 Å². The molecule has 0 saturated carbocycles. The van der Waals surface area contributed by atoms with Gasteiger partial charge in [0.25, 0.3) is 0 Å². The normalized spacial score (nSPS) is 17.5. The summed E-state index contributed by atoms with van der Waals surface area (Å²) in [5.74, 6) is 0. The van der Waals surface area contributed by atoms with Crippen molar-refractivity contribution in [2.45, 2.75) is 39.1 Å². The highest BCUT2D eigenvalue weighted by molar-refractivity contribution is 5.18. The van der Waals surface area contributed by atoms with E-state index in [0.717, 1.165) is 0 Å². The highest BCUT2D eigenvalue weighted by Crippen LogP contribution is 2.21. The highest BCUT2D eigenvalue weighted by atomic mass is 15.3. The van der Waals surface area contributed by atoms with Crippen LogP contribution in [0.4, 0.5) is 0 Å². The van der Waals surface area contributed by atoms with Crippen molar-refractivity contribution in [3.63, 3.8) is 0 Å². The zero-order chi connectivity index (χ0) is 11.4. The third-order valence-electron chi connectivity index (χ3n) is 2.67. The molecule has 1 aromatic carbocycles. The summed E-state index contributed by atoms with van der Waals surface area (Å²) < 4.78 is 0. The third-order valence-corrected chi connectivity index (χ3v) is 2.67. The predicted octanol–water partition coefficient (Wildman–Crippen LogP) is 1.66. The second-order valence-corrected chi connectivity index (χ2v) is 4.02. The van der Waals surface area contributed by atoms with Crippen molar-refractivity contribution >= 4 is 0 Å². The van der Waals surface area contributed by atoms with Crippen molar-refractivity contribution in [3.05, 3.63) is 35.9 Å². The molecule has 0 fully saturated rings. The first-order valence-corrected chi connectivity index (χ1v) is 5.37. The van der Waals surface area contributed by atoms with Crippen LogP contribution in [0.1, 0.15) is 32.4 Å². The first-order valence-electron chi connectivity index (χ1n) is 5.37. The number of nitrogens with zero attached hydrogens (tertiary/aromatic N) is 1. The Labute approximate surface area is 92.1 Å². The molecule has 1 rings (SSSR count). The first-order chi connectivity index (χ1) is 7.04. The Balaban J connectivity index is 2.86. The molecule has 0 amide bonds. The molecule has 0 aliphatic heterocycles. The summed E-state index contributed by atoms with van der Waals surface area (Å²) >= 11 is 0. The van der Waals surface area contributed by atoms with Gasteiger partial charge in [0.05, 0.1) is 12.3 Å². The van der Waals surface area contributed by atoms with Crippen LogP contribution >= 0.6 is 0 Å². The molecule has 3 unspecified atom stereocenters. The molecule has 3 atom stereocenters. The van der Waals surface area contributed by atoms with Crippen molar-refractivity contribution in [1.82, 2.24) is 4.90 Å². The van der Waals surface area contributed by atoms with Crippen LogP contribution < -0.4 is 11.5 Å². The van der Waals surface area contributed by atoms with Crippen LogP contribution in [0.25, 0.3) is 0 Å². The fourth-order valence-electron chi connectivity index (χ4n) is 1.98. The summed E-state index contributed by atoms with van der Waals surface area (Å²) in [4.78, 5) is 2.09. The Kier molecular flexibility index (Phi) is 4.27. The molecule has 15 heavy (non-hydrogen) atoms. The Morgan fingerprint density at radius 2 is 1.40 bits per heavy atom. The Bertz CT molecular complexity index is 274. The molecule has 0 aliphatic carbocycles. The highest BCUT2D eigenvalue weighted by Gasteiger charge is 2.21. The van der Waals surface area contributed by atoms with Crippen LogP contribution in [0.5, 0.6) is 0 Å². The molecule has 3 heteroatoms. The minimum Gasteiger partial charge on any atom is -0.316 e. The van der Waals surface area contributed by atoms with Gasteiger partial charge in [0.1, 0.15) is 0 Å². The zero-order valence-electron chi connectivity index (χ0n) is 9.72. The Morgan fingerprint density at radius 3 is 1.80 bits per heavy atom. The fourth-order valence-corrected chi connectivity index (χ4v) is 1.98. The molecular weight excluding hydrogens is 186 g/mol. The Hall–Kier alpha value is -0.900. The average Bonchev–Trinajstić information content (AvgIpc) is 2.18. The van der Waals surface area contributed by atoms with Gasteiger partial charge in [0, 0.05) is 6.04 Å². The molecule has 3 nitrogen and oxygen atoms in total. The quantitative estimate of drug-likeness (QED) is 0.738. The number of rotatable bonds is 4. The van der Waals surface area contributed by atoms with E-state index in [0.29, 0.717) is 0 Å². The number of nitrogens with two attached hydrogens (primary N) is 2. The maximum atomic E-state index is 5.92. The van der Waals surface area contributed by atoms with E-state index in [9.17, 15) is 0 Å². The smallest absolute Gasteiger partial charge is 0.0562 e. The van der Waals surface area contributed by atoms with Gasteiger partial charge in [-0.2, -0.15) is 0 Å². The molecular formula is C12H21N3. The molecule has 1 aromatic rings. The van der Waals surface area contributed by atoms with Gasteiger partial charge in [-0.3, -0.25) is 4.90 Å².